The molecule has 2 aliphatic heterocycles. The molecule has 2 aliphatic rings. The van der Waals surface area contributed by atoms with Crippen LogP contribution in [0.3, 0.4) is 0 Å². The molecule has 42 heavy (non-hydrogen) atoms. The zero-order valence-electron chi connectivity index (χ0n) is 22.4. The summed E-state index contributed by atoms with van der Waals surface area (Å²) in [6.07, 6.45) is -3.11. The number of carbonyl (C=O) groups is 1. The van der Waals surface area contributed by atoms with Crippen molar-refractivity contribution in [1.29, 1.82) is 0 Å². The van der Waals surface area contributed by atoms with E-state index in [1.807, 2.05) is 30.3 Å². The summed E-state index contributed by atoms with van der Waals surface area (Å²) in [5, 5.41) is 40.0. The maximum atomic E-state index is 13.8. The third-order valence-electron chi connectivity index (χ3n) is 7.57. The molecule has 0 aliphatic carbocycles. The van der Waals surface area contributed by atoms with Gasteiger partial charge in [0, 0.05) is 30.6 Å². The lowest BCUT2D eigenvalue weighted by atomic mass is 9.84. The largest absolute Gasteiger partial charge is 0.394 e. The molecule has 0 radical (unpaired) electrons. The standard InChI is InChI=1S/C28H30F3N3O7S/c1-39-27-16(9-21(36)15-7-17(29)24(31)18(30)8-15)25(37)22(11-35)41-28(27)42-23-13-40-12-20(26(23)38)34-10-19(32-33-34)14-5-3-2-4-6-14/h2-8,10,16,20,22-23,25-28,35,37-38H,9,11-13H2,1H3. The number of hydrogen-bond donors (Lipinski definition) is 3. The van der Waals surface area contributed by atoms with E-state index in [0.717, 1.165) is 17.3 Å². The van der Waals surface area contributed by atoms with E-state index in [4.69, 9.17) is 14.2 Å². The quantitative estimate of drug-likeness (QED) is 0.245. The highest BCUT2D eigenvalue weighted by molar-refractivity contribution is 8.00. The van der Waals surface area contributed by atoms with Crippen molar-refractivity contribution in [3.63, 3.8) is 0 Å². The summed E-state index contributed by atoms with van der Waals surface area (Å²) in [6.45, 7) is -0.273. The number of ether oxygens (including phenoxy) is 3. The van der Waals surface area contributed by atoms with Gasteiger partial charge >= 0.3 is 0 Å². The molecule has 5 rings (SSSR count). The van der Waals surface area contributed by atoms with Crippen LogP contribution < -0.4 is 0 Å². The van der Waals surface area contributed by atoms with Crippen molar-refractivity contribution in [3.8, 4) is 11.3 Å². The van der Waals surface area contributed by atoms with E-state index in [1.165, 1.54) is 11.8 Å². The van der Waals surface area contributed by atoms with Crippen LogP contribution in [0.1, 0.15) is 22.8 Å². The molecule has 8 atom stereocenters. The summed E-state index contributed by atoms with van der Waals surface area (Å²) in [6, 6.07) is 10.0. The van der Waals surface area contributed by atoms with Crippen LogP contribution in [0.4, 0.5) is 13.2 Å². The summed E-state index contributed by atoms with van der Waals surface area (Å²) < 4.78 is 59.8. The number of rotatable bonds is 9. The second-order valence-electron chi connectivity index (χ2n) is 10.2. The van der Waals surface area contributed by atoms with Crippen LogP contribution in [0.15, 0.2) is 48.7 Å². The second-order valence-corrected chi connectivity index (χ2v) is 11.5. The smallest absolute Gasteiger partial charge is 0.194 e. The van der Waals surface area contributed by atoms with E-state index in [1.54, 1.807) is 6.20 Å². The van der Waals surface area contributed by atoms with Crippen LogP contribution in [-0.4, -0.2) is 98.1 Å². The minimum Gasteiger partial charge on any atom is -0.394 e. The van der Waals surface area contributed by atoms with Gasteiger partial charge in [-0.2, -0.15) is 0 Å². The molecule has 0 spiro atoms. The van der Waals surface area contributed by atoms with Gasteiger partial charge in [-0.25, -0.2) is 17.9 Å². The van der Waals surface area contributed by atoms with Gasteiger partial charge in [0.25, 0.3) is 0 Å². The molecule has 2 saturated heterocycles. The van der Waals surface area contributed by atoms with Crippen LogP contribution >= 0.6 is 11.8 Å². The maximum absolute atomic E-state index is 13.8. The Morgan fingerprint density at radius 3 is 2.50 bits per heavy atom. The number of aliphatic hydroxyl groups is 3. The number of nitrogens with zero attached hydrogens (tertiary/aromatic N) is 3. The second kappa shape index (κ2) is 13.2. The highest BCUT2D eigenvalue weighted by Gasteiger charge is 2.48. The van der Waals surface area contributed by atoms with Crippen molar-refractivity contribution in [2.24, 2.45) is 5.92 Å². The first-order chi connectivity index (χ1) is 20.2. The molecule has 0 amide bonds. The molecule has 3 N–H and O–H groups in total. The van der Waals surface area contributed by atoms with Gasteiger partial charge < -0.3 is 29.5 Å². The van der Waals surface area contributed by atoms with E-state index >= 15 is 0 Å². The Hall–Kier alpha value is -2.85. The number of aliphatic hydroxyl groups excluding tert-OH is 3. The van der Waals surface area contributed by atoms with E-state index in [2.05, 4.69) is 10.3 Å². The zero-order chi connectivity index (χ0) is 30.0. The number of ketones is 1. The summed E-state index contributed by atoms with van der Waals surface area (Å²) in [5.74, 6) is -6.45. The van der Waals surface area contributed by atoms with Crippen molar-refractivity contribution in [3.05, 3.63) is 71.7 Å². The number of thioether (sulfide) groups is 1. The molecule has 3 aromatic rings. The number of hydrogen-bond acceptors (Lipinski definition) is 10. The molecule has 2 fully saturated rings. The normalized spacial score (nSPS) is 29.9. The number of Topliss-reactive ketones (excluding diaryl/α,β-unsaturated/α-hetero) is 1. The number of benzene rings is 2. The van der Waals surface area contributed by atoms with Gasteiger partial charge in [-0.05, 0) is 12.1 Å². The monoisotopic (exact) mass is 609 g/mol. The fraction of sp³-hybridized carbons (Fsp3) is 0.464. The van der Waals surface area contributed by atoms with Gasteiger partial charge in [-0.3, -0.25) is 4.79 Å². The molecule has 0 bridgehead atoms. The molecule has 14 heteroatoms. The van der Waals surface area contributed by atoms with E-state index in [-0.39, 0.29) is 13.2 Å². The molecular formula is C28H30F3N3O7S. The Morgan fingerprint density at radius 1 is 1.12 bits per heavy atom. The molecule has 2 aromatic carbocycles. The Morgan fingerprint density at radius 2 is 1.83 bits per heavy atom. The number of aromatic nitrogens is 3. The highest BCUT2D eigenvalue weighted by atomic mass is 32.2. The fourth-order valence-corrected chi connectivity index (χ4v) is 6.83. The van der Waals surface area contributed by atoms with Crippen LogP contribution in [-0.2, 0) is 14.2 Å². The Bertz CT molecular complexity index is 1360. The van der Waals surface area contributed by atoms with Crippen molar-refractivity contribution in [1.82, 2.24) is 15.0 Å². The maximum Gasteiger partial charge on any atom is 0.194 e. The lowest BCUT2D eigenvalue weighted by molar-refractivity contribution is -0.189. The molecule has 226 valence electrons. The first kappa shape index (κ1) is 30.6. The number of halogens is 3. The van der Waals surface area contributed by atoms with Crippen molar-refractivity contribution in [2.45, 2.75) is 47.6 Å². The zero-order valence-corrected chi connectivity index (χ0v) is 23.2. The molecular weight excluding hydrogens is 579 g/mol. The lowest BCUT2D eigenvalue weighted by Crippen LogP contribution is -2.56. The van der Waals surface area contributed by atoms with Gasteiger partial charge in [0.2, 0.25) is 0 Å². The summed E-state index contributed by atoms with van der Waals surface area (Å²) in [4.78, 5) is 13.0. The van der Waals surface area contributed by atoms with E-state index < -0.39 is 88.9 Å². The molecule has 8 unspecified atom stereocenters. The van der Waals surface area contributed by atoms with E-state index in [0.29, 0.717) is 17.8 Å². The minimum absolute atomic E-state index is 0.142. The van der Waals surface area contributed by atoms with Crippen LogP contribution in [0.25, 0.3) is 11.3 Å². The van der Waals surface area contributed by atoms with Crippen molar-refractivity contribution < 1.29 is 47.5 Å². The van der Waals surface area contributed by atoms with Crippen molar-refractivity contribution in [2.75, 3.05) is 26.9 Å². The molecule has 0 saturated carbocycles. The average molecular weight is 610 g/mol. The summed E-state index contributed by atoms with van der Waals surface area (Å²) in [7, 11) is 1.35. The van der Waals surface area contributed by atoms with Crippen molar-refractivity contribution >= 4 is 17.5 Å². The Labute approximate surface area is 243 Å². The number of methoxy groups -OCH3 is 1. The van der Waals surface area contributed by atoms with Crippen LogP contribution in [0.5, 0.6) is 0 Å². The van der Waals surface area contributed by atoms with Crippen LogP contribution in [0, 0.1) is 23.4 Å². The highest BCUT2D eigenvalue weighted by Crippen LogP contribution is 2.40. The van der Waals surface area contributed by atoms with Gasteiger partial charge in [0.05, 0.1) is 49.6 Å². The van der Waals surface area contributed by atoms with Gasteiger partial charge in [0.15, 0.2) is 23.2 Å². The molecule has 1 aromatic heterocycles. The predicted molar refractivity (Wildman–Crippen MR) is 144 cm³/mol. The lowest BCUT2D eigenvalue weighted by Gasteiger charge is -2.45. The Balaban J connectivity index is 1.32. The van der Waals surface area contributed by atoms with E-state index in [9.17, 15) is 33.3 Å². The molecule has 3 heterocycles. The first-order valence-electron chi connectivity index (χ1n) is 13.2. The SMILES string of the molecule is COC1C(SC2COCC(n3cc(-c4ccccc4)nn3)C2O)OC(CO)C(O)C1CC(=O)c1cc(F)c(F)c(F)c1. The first-order valence-corrected chi connectivity index (χ1v) is 14.2. The van der Waals surface area contributed by atoms with Gasteiger partial charge in [-0.1, -0.05) is 35.5 Å². The average Bonchev–Trinajstić information content (AvgIpc) is 3.49. The minimum atomic E-state index is -1.70. The summed E-state index contributed by atoms with van der Waals surface area (Å²) >= 11 is 1.15. The third-order valence-corrected chi connectivity index (χ3v) is 8.98. The fourth-order valence-electron chi connectivity index (χ4n) is 5.29. The topological polar surface area (TPSA) is 136 Å². The number of carbonyl (C=O) groups excluding carboxylic acids is 1. The van der Waals surface area contributed by atoms with Crippen LogP contribution in [0.2, 0.25) is 0 Å². The Kier molecular flexibility index (Phi) is 9.62. The van der Waals surface area contributed by atoms with Gasteiger partial charge in [-0.15, -0.1) is 16.9 Å². The third kappa shape index (κ3) is 6.25. The predicted octanol–water partition coefficient (Wildman–Crippen LogP) is 2.38. The van der Waals surface area contributed by atoms with Gasteiger partial charge in [0.1, 0.15) is 23.3 Å². The summed E-state index contributed by atoms with van der Waals surface area (Å²) in [5.41, 5.74) is 0.194. The molecule has 10 nitrogen and oxygen atoms in total.